The van der Waals surface area contributed by atoms with Crippen molar-refractivity contribution in [3.63, 3.8) is 0 Å². The lowest BCUT2D eigenvalue weighted by Gasteiger charge is -2.09. The number of hydrogen-bond donors (Lipinski definition) is 2. The molecule has 5 nitrogen and oxygen atoms in total. The van der Waals surface area contributed by atoms with Crippen molar-refractivity contribution in [3.8, 4) is 0 Å². The van der Waals surface area contributed by atoms with Crippen LogP contribution in [0.4, 0.5) is 0 Å². The average molecular weight is 208 g/mol. The molecule has 1 aliphatic carbocycles. The largest absolute Gasteiger partial charge is 0.370 e. The van der Waals surface area contributed by atoms with Crippen LogP contribution >= 0.6 is 0 Å². The second-order valence-electron chi connectivity index (χ2n) is 3.70. The summed E-state index contributed by atoms with van der Waals surface area (Å²) in [4.78, 5) is 3.82. The van der Waals surface area contributed by atoms with Gasteiger partial charge in [0.25, 0.3) is 0 Å². The van der Waals surface area contributed by atoms with Gasteiger partial charge >= 0.3 is 0 Å². The number of rotatable bonds is 2. The maximum Gasteiger partial charge on any atom is 0.188 e. The van der Waals surface area contributed by atoms with Crippen LogP contribution < -0.4 is 11.1 Å². The van der Waals surface area contributed by atoms with E-state index in [1.807, 2.05) is 0 Å². The maximum atomic E-state index is 5.55. The Bertz CT molecular complexity index is 369. The number of aliphatic imine (C=N–C) groups is 1. The summed E-state index contributed by atoms with van der Waals surface area (Å²) in [6, 6.07) is 0. The SMILES string of the molecule is CN=C(N)NCc1noc2c1CCCC2. The molecule has 0 unspecified atom stereocenters. The molecular weight excluding hydrogens is 192 g/mol. The first kappa shape index (κ1) is 10.0. The van der Waals surface area contributed by atoms with E-state index in [0.29, 0.717) is 12.5 Å². The van der Waals surface area contributed by atoms with E-state index in [4.69, 9.17) is 10.3 Å². The van der Waals surface area contributed by atoms with E-state index in [0.717, 1.165) is 24.3 Å². The van der Waals surface area contributed by atoms with E-state index in [-0.39, 0.29) is 0 Å². The first-order valence-electron chi connectivity index (χ1n) is 5.23. The summed E-state index contributed by atoms with van der Waals surface area (Å²) in [5, 5.41) is 7.05. The van der Waals surface area contributed by atoms with Gasteiger partial charge < -0.3 is 15.6 Å². The molecule has 0 fully saturated rings. The fourth-order valence-electron chi connectivity index (χ4n) is 1.84. The number of aryl methyl sites for hydroxylation is 1. The summed E-state index contributed by atoms with van der Waals surface area (Å²) in [5.74, 6) is 1.48. The van der Waals surface area contributed by atoms with E-state index in [1.165, 1.54) is 18.4 Å². The third-order valence-corrected chi connectivity index (χ3v) is 2.71. The van der Waals surface area contributed by atoms with Gasteiger partial charge in [0.2, 0.25) is 0 Å². The lowest BCUT2D eigenvalue weighted by atomic mass is 9.96. The molecule has 0 aliphatic heterocycles. The summed E-state index contributed by atoms with van der Waals surface area (Å²) < 4.78 is 5.28. The highest BCUT2D eigenvalue weighted by Gasteiger charge is 2.18. The highest BCUT2D eigenvalue weighted by atomic mass is 16.5. The van der Waals surface area contributed by atoms with Crippen molar-refractivity contribution in [2.75, 3.05) is 7.05 Å². The molecule has 3 N–H and O–H groups in total. The Hall–Kier alpha value is -1.52. The van der Waals surface area contributed by atoms with E-state index in [1.54, 1.807) is 7.05 Å². The highest BCUT2D eigenvalue weighted by molar-refractivity contribution is 5.77. The Morgan fingerprint density at radius 3 is 3.13 bits per heavy atom. The van der Waals surface area contributed by atoms with E-state index >= 15 is 0 Å². The normalized spacial score (nSPS) is 16.2. The third kappa shape index (κ3) is 2.11. The van der Waals surface area contributed by atoms with Gasteiger partial charge in [-0.2, -0.15) is 0 Å². The van der Waals surface area contributed by atoms with Gasteiger partial charge in [-0.25, -0.2) is 0 Å². The quantitative estimate of drug-likeness (QED) is 0.551. The molecule has 0 saturated heterocycles. The topological polar surface area (TPSA) is 76.4 Å². The number of aromatic nitrogens is 1. The summed E-state index contributed by atoms with van der Waals surface area (Å²) >= 11 is 0. The molecule has 82 valence electrons. The standard InChI is InChI=1S/C10H16N4O/c1-12-10(11)13-6-8-7-4-2-3-5-9(7)15-14-8/h2-6H2,1H3,(H3,11,12,13). The third-order valence-electron chi connectivity index (χ3n) is 2.71. The van der Waals surface area contributed by atoms with Crippen LogP contribution in [0.1, 0.15) is 29.9 Å². The number of hydrogen-bond acceptors (Lipinski definition) is 3. The lowest BCUT2D eigenvalue weighted by molar-refractivity contribution is 0.367. The second kappa shape index (κ2) is 4.33. The molecule has 0 atom stereocenters. The lowest BCUT2D eigenvalue weighted by Crippen LogP contribution is -2.31. The fraction of sp³-hybridized carbons (Fsp3) is 0.600. The molecule has 0 radical (unpaired) electrons. The Morgan fingerprint density at radius 1 is 1.53 bits per heavy atom. The summed E-state index contributed by atoms with van der Waals surface area (Å²) in [6.07, 6.45) is 4.50. The van der Waals surface area contributed by atoms with Crippen molar-refractivity contribution in [2.24, 2.45) is 10.7 Å². The molecule has 0 spiro atoms. The Kier molecular flexibility index (Phi) is 2.89. The smallest absolute Gasteiger partial charge is 0.188 e. The fourth-order valence-corrected chi connectivity index (χ4v) is 1.84. The monoisotopic (exact) mass is 208 g/mol. The summed E-state index contributed by atoms with van der Waals surface area (Å²) in [6.45, 7) is 0.599. The minimum Gasteiger partial charge on any atom is -0.370 e. The first-order valence-corrected chi connectivity index (χ1v) is 5.23. The van der Waals surface area contributed by atoms with Gasteiger partial charge in [-0.15, -0.1) is 0 Å². The Balaban J connectivity index is 2.05. The highest BCUT2D eigenvalue weighted by Crippen LogP contribution is 2.23. The van der Waals surface area contributed by atoms with E-state index < -0.39 is 0 Å². The Labute approximate surface area is 88.7 Å². The number of guanidine groups is 1. The van der Waals surface area contributed by atoms with E-state index in [9.17, 15) is 0 Å². The molecule has 5 heteroatoms. The zero-order valence-electron chi connectivity index (χ0n) is 8.92. The van der Waals surface area contributed by atoms with Gasteiger partial charge in [0.15, 0.2) is 5.96 Å². The van der Waals surface area contributed by atoms with Crippen LogP contribution in [0.15, 0.2) is 9.52 Å². The molecule has 0 saturated carbocycles. The molecule has 1 heterocycles. The minimum atomic E-state index is 0.433. The van der Waals surface area contributed by atoms with Crippen LogP contribution in [-0.2, 0) is 19.4 Å². The van der Waals surface area contributed by atoms with Crippen molar-refractivity contribution in [1.29, 1.82) is 0 Å². The molecule has 1 aliphatic rings. The van der Waals surface area contributed by atoms with Gasteiger partial charge in [-0.3, -0.25) is 4.99 Å². The maximum absolute atomic E-state index is 5.55. The van der Waals surface area contributed by atoms with Crippen molar-refractivity contribution in [1.82, 2.24) is 10.5 Å². The van der Waals surface area contributed by atoms with Gasteiger partial charge in [-0.05, 0) is 19.3 Å². The number of fused-ring (bicyclic) bond motifs is 1. The Morgan fingerprint density at radius 2 is 2.33 bits per heavy atom. The van der Waals surface area contributed by atoms with Crippen LogP contribution in [0.5, 0.6) is 0 Å². The van der Waals surface area contributed by atoms with Crippen LogP contribution in [-0.4, -0.2) is 18.2 Å². The second-order valence-corrected chi connectivity index (χ2v) is 3.70. The molecule has 1 aromatic heterocycles. The number of nitrogens with two attached hydrogens (primary N) is 1. The van der Waals surface area contributed by atoms with Crippen molar-refractivity contribution in [2.45, 2.75) is 32.2 Å². The zero-order chi connectivity index (χ0) is 10.7. The van der Waals surface area contributed by atoms with Crippen LogP contribution in [0.3, 0.4) is 0 Å². The molecular formula is C10H16N4O. The summed E-state index contributed by atoms with van der Waals surface area (Å²) in [5.41, 5.74) is 7.78. The number of nitrogens with one attached hydrogen (secondary N) is 1. The number of nitrogens with zero attached hydrogens (tertiary/aromatic N) is 2. The van der Waals surface area contributed by atoms with Gasteiger partial charge in [0, 0.05) is 19.0 Å². The average Bonchev–Trinajstić information content (AvgIpc) is 2.69. The first-order chi connectivity index (χ1) is 7.31. The van der Waals surface area contributed by atoms with Crippen LogP contribution in [0.25, 0.3) is 0 Å². The molecule has 15 heavy (non-hydrogen) atoms. The molecule has 0 bridgehead atoms. The predicted octanol–water partition coefficient (Wildman–Crippen LogP) is 0.588. The molecule has 0 amide bonds. The molecule has 1 aromatic rings. The van der Waals surface area contributed by atoms with Crippen LogP contribution in [0.2, 0.25) is 0 Å². The van der Waals surface area contributed by atoms with Crippen molar-refractivity contribution < 1.29 is 4.52 Å². The van der Waals surface area contributed by atoms with Gasteiger partial charge in [0.05, 0.1) is 6.54 Å². The molecule has 0 aromatic carbocycles. The minimum absolute atomic E-state index is 0.433. The predicted molar refractivity (Wildman–Crippen MR) is 57.5 cm³/mol. The van der Waals surface area contributed by atoms with Crippen LogP contribution in [0, 0.1) is 0 Å². The van der Waals surface area contributed by atoms with Gasteiger partial charge in [-0.1, -0.05) is 5.16 Å². The molecule has 2 rings (SSSR count). The van der Waals surface area contributed by atoms with Gasteiger partial charge in [0.1, 0.15) is 11.5 Å². The van der Waals surface area contributed by atoms with E-state index in [2.05, 4.69) is 15.5 Å². The zero-order valence-corrected chi connectivity index (χ0v) is 8.92. The van der Waals surface area contributed by atoms with Crippen molar-refractivity contribution in [3.05, 3.63) is 17.0 Å². The summed E-state index contributed by atoms with van der Waals surface area (Å²) in [7, 11) is 1.65. The van der Waals surface area contributed by atoms with Crippen molar-refractivity contribution >= 4 is 5.96 Å².